The van der Waals surface area contributed by atoms with Gasteiger partial charge in [0.2, 0.25) is 0 Å². The molecule has 2 nitrogen and oxygen atoms in total. The van der Waals surface area contributed by atoms with Crippen molar-refractivity contribution in [3.05, 3.63) is 67.5 Å². The molecule has 0 unspecified atom stereocenters. The van der Waals surface area contributed by atoms with Crippen molar-refractivity contribution in [2.24, 2.45) is 0 Å². The summed E-state index contributed by atoms with van der Waals surface area (Å²) in [5, 5.41) is 9.87. The summed E-state index contributed by atoms with van der Waals surface area (Å²) in [6.07, 6.45) is 6.59. The summed E-state index contributed by atoms with van der Waals surface area (Å²) in [6.45, 7) is 0. The first-order valence-corrected chi connectivity index (χ1v) is 5.25. The van der Waals surface area contributed by atoms with Crippen LogP contribution in [0.25, 0.3) is 0 Å². The second kappa shape index (κ2) is 5.26. The summed E-state index contributed by atoms with van der Waals surface area (Å²) in [6, 6.07) is 9.23. The quantitative estimate of drug-likeness (QED) is 0.831. The summed E-state index contributed by atoms with van der Waals surface area (Å²) in [5.41, 5.74) is 0.780. The molecule has 1 fully saturated rings. The normalized spacial score (nSPS) is 18.6. The third kappa shape index (κ3) is 2.70. The monoisotopic (exact) mass is 213 g/mol. The molecule has 1 aliphatic rings. The zero-order valence-electron chi connectivity index (χ0n) is 8.84. The standard InChI is InChI=1S/C14H13O2/c15-13(11-6-2-1-3-7-11)10-14(16)12-8-4-5-9-12/h1-9,13,15H,10H2/t13-/m1/s1. The Bertz CT molecular complexity index is 339. The Morgan fingerprint density at radius 1 is 1.12 bits per heavy atom. The molecule has 0 saturated heterocycles. The van der Waals surface area contributed by atoms with E-state index in [0.717, 1.165) is 5.56 Å². The molecule has 1 aromatic carbocycles. The Balaban J connectivity index is 1.92. The predicted octanol–water partition coefficient (Wildman–Crippen LogP) is 2.08. The van der Waals surface area contributed by atoms with Gasteiger partial charge in [-0.1, -0.05) is 30.3 Å². The van der Waals surface area contributed by atoms with Crippen LogP contribution in [0.1, 0.15) is 18.1 Å². The Kier molecular flexibility index (Phi) is 3.73. The van der Waals surface area contributed by atoms with E-state index in [0.29, 0.717) is 5.92 Å². The van der Waals surface area contributed by atoms with Crippen molar-refractivity contribution < 1.29 is 9.90 Å². The topological polar surface area (TPSA) is 37.3 Å². The van der Waals surface area contributed by atoms with Gasteiger partial charge in [0, 0.05) is 12.3 Å². The van der Waals surface area contributed by atoms with Crippen molar-refractivity contribution in [1.82, 2.24) is 0 Å². The summed E-state index contributed by atoms with van der Waals surface area (Å²) in [7, 11) is 0. The molecule has 0 aromatic heterocycles. The molecule has 5 radical (unpaired) electrons. The number of aliphatic hydroxyl groups excluding tert-OH is 1. The number of carbonyl (C=O) groups excluding carboxylic acids is 1. The molecule has 0 amide bonds. The van der Waals surface area contributed by atoms with Gasteiger partial charge in [-0.3, -0.25) is 4.79 Å². The number of hydrogen-bond donors (Lipinski definition) is 1. The molecule has 0 aliphatic heterocycles. The van der Waals surface area contributed by atoms with E-state index in [4.69, 9.17) is 0 Å². The molecule has 2 heteroatoms. The lowest BCUT2D eigenvalue weighted by molar-refractivity contribution is -0.118. The van der Waals surface area contributed by atoms with Crippen molar-refractivity contribution in [3.8, 4) is 0 Å². The van der Waals surface area contributed by atoms with Crippen molar-refractivity contribution >= 4 is 5.78 Å². The summed E-state index contributed by atoms with van der Waals surface area (Å²) in [4.78, 5) is 11.7. The highest BCUT2D eigenvalue weighted by Crippen LogP contribution is 2.27. The van der Waals surface area contributed by atoms with Gasteiger partial charge in [0.1, 0.15) is 5.78 Å². The minimum Gasteiger partial charge on any atom is -0.388 e. The number of aliphatic hydroxyl groups is 1. The summed E-state index contributed by atoms with van der Waals surface area (Å²) >= 11 is 0. The van der Waals surface area contributed by atoms with Crippen molar-refractivity contribution in [2.75, 3.05) is 0 Å². The minimum absolute atomic E-state index is 0.0265. The van der Waals surface area contributed by atoms with Crippen LogP contribution in [-0.2, 0) is 4.79 Å². The van der Waals surface area contributed by atoms with Crippen LogP contribution in [-0.4, -0.2) is 10.9 Å². The molecule has 1 N–H and O–H groups in total. The van der Waals surface area contributed by atoms with E-state index in [9.17, 15) is 9.90 Å². The van der Waals surface area contributed by atoms with Gasteiger partial charge >= 0.3 is 0 Å². The Morgan fingerprint density at radius 2 is 1.75 bits per heavy atom. The zero-order chi connectivity index (χ0) is 11.4. The first-order valence-electron chi connectivity index (χ1n) is 5.25. The second-order valence-electron chi connectivity index (χ2n) is 3.73. The second-order valence-corrected chi connectivity index (χ2v) is 3.73. The van der Waals surface area contributed by atoms with E-state index in [1.54, 1.807) is 12.8 Å². The van der Waals surface area contributed by atoms with Crippen LogP contribution in [0.2, 0.25) is 0 Å². The van der Waals surface area contributed by atoms with Gasteiger partial charge in [0.15, 0.2) is 0 Å². The van der Waals surface area contributed by atoms with E-state index >= 15 is 0 Å². The van der Waals surface area contributed by atoms with Crippen LogP contribution in [0.15, 0.2) is 30.3 Å². The van der Waals surface area contributed by atoms with E-state index in [-0.39, 0.29) is 12.2 Å². The van der Waals surface area contributed by atoms with Gasteiger partial charge in [-0.2, -0.15) is 0 Å². The number of ketones is 1. The lowest BCUT2D eigenvalue weighted by Crippen LogP contribution is -2.13. The fourth-order valence-electron chi connectivity index (χ4n) is 1.65. The van der Waals surface area contributed by atoms with Crippen molar-refractivity contribution in [3.63, 3.8) is 0 Å². The fourth-order valence-corrected chi connectivity index (χ4v) is 1.65. The van der Waals surface area contributed by atoms with Crippen LogP contribution in [0, 0.1) is 31.6 Å². The largest absolute Gasteiger partial charge is 0.388 e. The first kappa shape index (κ1) is 11.3. The molecule has 1 aromatic rings. The van der Waals surface area contributed by atoms with Crippen molar-refractivity contribution in [2.45, 2.75) is 12.5 Å². The molecule has 0 bridgehead atoms. The highest BCUT2D eigenvalue weighted by molar-refractivity contribution is 5.97. The van der Waals surface area contributed by atoms with E-state index < -0.39 is 6.10 Å². The van der Waals surface area contributed by atoms with Crippen molar-refractivity contribution in [1.29, 1.82) is 0 Å². The summed E-state index contributed by atoms with van der Waals surface area (Å²) < 4.78 is 0. The maximum Gasteiger partial charge on any atom is 0.143 e. The first-order chi connectivity index (χ1) is 7.77. The molecule has 1 atom stereocenters. The van der Waals surface area contributed by atoms with E-state index in [1.165, 1.54) is 0 Å². The van der Waals surface area contributed by atoms with Gasteiger partial charge in [-0.15, -0.1) is 0 Å². The number of carbonyl (C=O) groups is 1. The molecular weight excluding hydrogens is 200 g/mol. The average molecular weight is 213 g/mol. The van der Waals surface area contributed by atoms with Gasteiger partial charge < -0.3 is 5.11 Å². The maximum atomic E-state index is 11.7. The lowest BCUT2D eigenvalue weighted by atomic mass is 9.95. The van der Waals surface area contributed by atoms with Gasteiger partial charge in [0.05, 0.1) is 6.10 Å². The SMILES string of the molecule is O=C(C[C@@H](O)c1ccccc1)[C]1[CH][CH][CH][CH]1. The Hall–Kier alpha value is -1.15. The van der Waals surface area contributed by atoms with E-state index in [1.807, 2.05) is 43.2 Å². The lowest BCUT2D eigenvalue weighted by Gasteiger charge is -2.12. The van der Waals surface area contributed by atoms with Crippen LogP contribution >= 0.6 is 0 Å². The summed E-state index contributed by atoms with van der Waals surface area (Å²) in [5.74, 6) is 0.635. The molecule has 0 heterocycles. The molecule has 2 rings (SSSR count). The highest BCUT2D eigenvalue weighted by Gasteiger charge is 2.26. The van der Waals surface area contributed by atoms with E-state index in [2.05, 4.69) is 0 Å². The maximum absolute atomic E-state index is 11.7. The molecule has 81 valence electrons. The highest BCUT2D eigenvalue weighted by atomic mass is 16.3. The third-order valence-electron chi connectivity index (χ3n) is 2.55. The third-order valence-corrected chi connectivity index (χ3v) is 2.55. The van der Waals surface area contributed by atoms with Crippen LogP contribution in [0.4, 0.5) is 0 Å². The number of Topliss-reactive ketones (excluding diaryl/α,β-unsaturated/α-hetero) is 1. The fraction of sp³-hybridized carbons (Fsp3) is 0.143. The molecule has 16 heavy (non-hydrogen) atoms. The zero-order valence-corrected chi connectivity index (χ0v) is 8.84. The van der Waals surface area contributed by atoms with Crippen LogP contribution in [0.5, 0.6) is 0 Å². The Labute approximate surface area is 96.3 Å². The number of benzene rings is 1. The molecule has 1 saturated carbocycles. The van der Waals surface area contributed by atoms with Crippen LogP contribution in [0.3, 0.4) is 0 Å². The molecule has 1 aliphatic carbocycles. The van der Waals surface area contributed by atoms with Gasteiger partial charge in [-0.25, -0.2) is 0 Å². The Morgan fingerprint density at radius 3 is 2.38 bits per heavy atom. The van der Waals surface area contributed by atoms with Gasteiger partial charge in [0.25, 0.3) is 0 Å². The number of rotatable bonds is 4. The predicted molar refractivity (Wildman–Crippen MR) is 61.5 cm³/mol. The molecule has 0 spiro atoms. The average Bonchev–Trinajstić information content (AvgIpc) is 2.83. The van der Waals surface area contributed by atoms with Crippen LogP contribution < -0.4 is 0 Å². The number of hydrogen-bond acceptors (Lipinski definition) is 2. The smallest absolute Gasteiger partial charge is 0.143 e. The molecular formula is C14H13O2. The van der Waals surface area contributed by atoms with Gasteiger partial charge in [-0.05, 0) is 31.2 Å². The minimum atomic E-state index is -0.719.